The lowest BCUT2D eigenvalue weighted by Gasteiger charge is -2.15. The first-order valence-electron chi connectivity index (χ1n) is 9.40. The molecule has 1 N–H and O–H groups in total. The van der Waals surface area contributed by atoms with Crippen molar-refractivity contribution in [3.05, 3.63) is 71.6 Å². The minimum Gasteiger partial charge on any atom is -0.454 e. The van der Waals surface area contributed by atoms with Crippen LogP contribution in [0.5, 0.6) is 11.5 Å². The van der Waals surface area contributed by atoms with E-state index in [9.17, 15) is 17.2 Å². The van der Waals surface area contributed by atoms with Crippen LogP contribution in [0.15, 0.2) is 48.5 Å². The minimum absolute atomic E-state index is 0.00511. The van der Waals surface area contributed by atoms with Crippen LogP contribution < -0.4 is 9.46 Å². The molecule has 0 atom stereocenters. The Bertz CT molecular complexity index is 1160. The van der Waals surface area contributed by atoms with Gasteiger partial charge in [-0.05, 0) is 68.3 Å². The van der Waals surface area contributed by atoms with Gasteiger partial charge in [0.1, 0.15) is 11.6 Å². The Morgan fingerprint density at radius 2 is 1.63 bits per heavy atom. The summed E-state index contributed by atoms with van der Waals surface area (Å²) >= 11 is 0. The number of aryl methyl sites for hydroxylation is 2. The third-order valence-corrected chi connectivity index (χ3v) is 5.72. The van der Waals surface area contributed by atoms with Gasteiger partial charge in [-0.2, -0.15) is 0 Å². The van der Waals surface area contributed by atoms with Gasteiger partial charge in [-0.15, -0.1) is 0 Å². The van der Waals surface area contributed by atoms with Crippen molar-refractivity contribution in [3.63, 3.8) is 0 Å². The first-order chi connectivity index (χ1) is 14.2. The molecule has 5 nitrogen and oxygen atoms in total. The van der Waals surface area contributed by atoms with Crippen LogP contribution in [0.3, 0.4) is 0 Å². The molecule has 0 aliphatic carbocycles. The van der Waals surface area contributed by atoms with Crippen molar-refractivity contribution in [1.29, 1.82) is 0 Å². The number of hydrogen-bond donors (Lipinski definition) is 1. The second-order valence-electron chi connectivity index (χ2n) is 6.95. The summed E-state index contributed by atoms with van der Waals surface area (Å²) in [6, 6.07) is 11.4. The molecule has 0 saturated carbocycles. The number of anilines is 1. The molecule has 8 heteroatoms. The summed E-state index contributed by atoms with van der Waals surface area (Å²) in [5.41, 5.74) is 3.16. The number of nitrogens with one attached hydrogen (secondary N) is 1. The zero-order chi connectivity index (χ0) is 21.9. The van der Waals surface area contributed by atoms with Gasteiger partial charge in [0.05, 0.1) is 5.75 Å². The number of pyridine rings is 1. The summed E-state index contributed by atoms with van der Waals surface area (Å²) in [4.78, 5) is 4.35. The third kappa shape index (κ3) is 5.33. The first-order valence-corrected chi connectivity index (χ1v) is 11.0. The number of rotatable bonds is 7. The van der Waals surface area contributed by atoms with Gasteiger partial charge in [-0.25, -0.2) is 17.2 Å². The zero-order valence-electron chi connectivity index (χ0n) is 16.9. The average molecular weight is 432 g/mol. The molecule has 1 aromatic heterocycles. The topological polar surface area (TPSA) is 68.3 Å². The largest absolute Gasteiger partial charge is 0.454 e. The maximum atomic E-state index is 14.1. The third-order valence-electron chi connectivity index (χ3n) is 4.23. The van der Waals surface area contributed by atoms with Crippen LogP contribution in [-0.2, 0) is 10.0 Å². The zero-order valence-corrected chi connectivity index (χ0v) is 17.7. The second kappa shape index (κ2) is 8.79. The Balaban J connectivity index is 2.09. The number of halogens is 2. The maximum absolute atomic E-state index is 14.1. The van der Waals surface area contributed by atoms with Gasteiger partial charge in [0.2, 0.25) is 10.0 Å². The summed E-state index contributed by atoms with van der Waals surface area (Å²) in [5, 5.41) is 0. The number of aromatic nitrogens is 1. The Morgan fingerprint density at radius 1 is 0.967 bits per heavy atom. The van der Waals surface area contributed by atoms with E-state index in [1.807, 2.05) is 26.0 Å². The van der Waals surface area contributed by atoms with E-state index in [1.54, 1.807) is 19.1 Å². The van der Waals surface area contributed by atoms with E-state index in [4.69, 9.17) is 4.74 Å². The molecule has 3 aromatic rings. The Hall–Kier alpha value is -3.00. The van der Waals surface area contributed by atoms with Gasteiger partial charge < -0.3 is 4.74 Å². The second-order valence-corrected chi connectivity index (χ2v) is 8.79. The number of nitrogens with zero attached hydrogens (tertiary/aromatic N) is 1. The van der Waals surface area contributed by atoms with Gasteiger partial charge in [0.25, 0.3) is 0 Å². The van der Waals surface area contributed by atoms with Gasteiger partial charge in [-0.3, -0.25) is 9.71 Å². The highest BCUT2D eigenvalue weighted by Gasteiger charge is 2.15. The van der Waals surface area contributed by atoms with Crippen LogP contribution in [-0.4, -0.2) is 19.2 Å². The van der Waals surface area contributed by atoms with Crippen molar-refractivity contribution in [2.75, 3.05) is 10.5 Å². The summed E-state index contributed by atoms with van der Waals surface area (Å²) < 4.78 is 60.0. The molecular formula is C22H22F2N2O3S. The molecule has 2 aromatic carbocycles. The lowest BCUT2D eigenvalue weighted by atomic mass is 10.0. The molecule has 0 radical (unpaired) electrons. The standard InChI is InChI=1S/C22H22F2N2O3S/c1-4-9-30(27,28)26-18-6-8-21(29-22-7-5-17(23)12-20(22)24)19(13-18)16-10-14(2)25-15(3)11-16/h5-8,10-13,26H,4,9H2,1-3H3. The molecule has 158 valence electrons. The molecule has 0 aliphatic rings. The van der Waals surface area contributed by atoms with Crippen LogP contribution >= 0.6 is 0 Å². The number of sulfonamides is 1. The Labute approximate surface area is 174 Å². The molecule has 0 saturated heterocycles. The quantitative estimate of drug-likeness (QED) is 0.529. The summed E-state index contributed by atoms with van der Waals surface area (Å²) in [6.45, 7) is 5.45. The van der Waals surface area contributed by atoms with Gasteiger partial charge in [0, 0.05) is 28.7 Å². The Morgan fingerprint density at radius 3 is 2.27 bits per heavy atom. The fourth-order valence-electron chi connectivity index (χ4n) is 3.07. The van der Waals surface area contributed by atoms with E-state index >= 15 is 0 Å². The molecule has 1 heterocycles. The molecule has 0 amide bonds. The smallest absolute Gasteiger partial charge is 0.232 e. The fraction of sp³-hybridized carbons (Fsp3) is 0.227. The predicted molar refractivity (Wildman–Crippen MR) is 113 cm³/mol. The van der Waals surface area contributed by atoms with Gasteiger partial charge in [0.15, 0.2) is 11.6 Å². The molecular weight excluding hydrogens is 410 g/mol. The lowest BCUT2D eigenvalue weighted by molar-refractivity contribution is 0.439. The summed E-state index contributed by atoms with van der Waals surface area (Å²) in [7, 11) is -3.49. The lowest BCUT2D eigenvalue weighted by Crippen LogP contribution is -2.16. The molecule has 0 unspecified atom stereocenters. The van der Waals surface area contributed by atoms with Crippen LogP contribution in [0.2, 0.25) is 0 Å². The van der Waals surface area contributed by atoms with E-state index in [0.29, 0.717) is 23.4 Å². The van der Waals surface area contributed by atoms with E-state index in [2.05, 4.69) is 9.71 Å². The number of hydrogen-bond acceptors (Lipinski definition) is 4. The van der Waals surface area contributed by atoms with Gasteiger partial charge >= 0.3 is 0 Å². The fourth-order valence-corrected chi connectivity index (χ4v) is 4.20. The van der Waals surface area contributed by atoms with Crippen LogP contribution in [0.1, 0.15) is 24.7 Å². The van der Waals surface area contributed by atoms with Crippen molar-refractivity contribution in [2.45, 2.75) is 27.2 Å². The van der Waals surface area contributed by atoms with Crippen molar-refractivity contribution >= 4 is 15.7 Å². The van der Waals surface area contributed by atoms with Crippen LogP contribution in [0, 0.1) is 25.5 Å². The van der Waals surface area contributed by atoms with Crippen molar-refractivity contribution in [2.24, 2.45) is 0 Å². The molecule has 0 fully saturated rings. The van der Waals surface area contributed by atoms with Crippen LogP contribution in [0.25, 0.3) is 11.1 Å². The highest BCUT2D eigenvalue weighted by molar-refractivity contribution is 7.92. The predicted octanol–water partition coefficient (Wildman–Crippen LogP) is 5.59. The average Bonchev–Trinajstić information content (AvgIpc) is 2.64. The molecule has 0 bridgehead atoms. The van der Waals surface area contributed by atoms with E-state index in [0.717, 1.165) is 29.1 Å². The number of benzene rings is 2. The first kappa shape index (κ1) is 21.7. The minimum atomic E-state index is -3.49. The molecule has 0 aliphatic heterocycles. The van der Waals surface area contributed by atoms with Crippen molar-refractivity contribution < 1.29 is 21.9 Å². The normalized spacial score (nSPS) is 11.4. The van der Waals surface area contributed by atoms with Gasteiger partial charge in [-0.1, -0.05) is 6.92 Å². The van der Waals surface area contributed by atoms with Crippen LogP contribution in [0.4, 0.5) is 14.5 Å². The number of ether oxygens (including phenoxy) is 1. The Kier molecular flexibility index (Phi) is 6.36. The maximum Gasteiger partial charge on any atom is 0.232 e. The molecule has 0 spiro atoms. The molecule has 30 heavy (non-hydrogen) atoms. The molecule has 3 rings (SSSR count). The highest BCUT2D eigenvalue weighted by Crippen LogP contribution is 2.37. The van der Waals surface area contributed by atoms with Crippen molar-refractivity contribution in [1.82, 2.24) is 4.98 Å². The van der Waals surface area contributed by atoms with E-state index in [-0.39, 0.29) is 11.5 Å². The highest BCUT2D eigenvalue weighted by atomic mass is 32.2. The summed E-state index contributed by atoms with van der Waals surface area (Å²) in [6.07, 6.45) is 0.482. The van der Waals surface area contributed by atoms with E-state index < -0.39 is 21.7 Å². The summed E-state index contributed by atoms with van der Waals surface area (Å²) in [5.74, 6) is -1.39. The monoisotopic (exact) mass is 432 g/mol. The SMILES string of the molecule is CCCS(=O)(=O)Nc1ccc(Oc2ccc(F)cc2F)c(-c2cc(C)nc(C)c2)c1. The van der Waals surface area contributed by atoms with E-state index in [1.165, 1.54) is 12.1 Å². The van der Waals surface area contributed by atoms with Crippen molar-refractivity contribution in [3.8, 4) is 22.6 Å².